The Labute approximate surface area is 102 Å². The van der Waals surface area contributed by atoms with Gasteiger partial charge in [0.2, 0.25) is 5.91 Å². The van der Waals surface area contributed by atoms with Gasteiger partial charge in [0.1, 0.15) is 5.54 Å². The fourth-order valence-corrected chi connectivity index (χ4v) is 2.49. The molecule has 0 aromatic heterocycles. The molecule has 2 aliphatic rings. The van der Waals surface area contributed by atoms with Crippen LogP contribution in [-0.4, -0.2) is 49.1 Å². The van der Waals surface area contributed by atoms with Gasteiger partial charge in [0, 0.05) is 19.1 Å². The molecule has 1 amide bonds. The number of hydrogen-bond acceptors (Lipinski definition) is 4. The molecule has 1 aliphatic heterocycles. The monoisotopic (exact) mass is 236 g/mol. The summed E-state index contributed by atoms with van der Waals surface area (Å²) < 4.78 is 0. The Hall–Kier alpha value is -1.12. The summed E-state index contributed by atoms with van der Waals surface area (Å²) in [5.41, 5.74) is -0.588. The van der Waals surface area contributed by atoms with E-state index >= 15 is 0 Å². The zero-order valence-electron chi connectivity index (χ0n) is 10.3. The molecule has 1 saturated heterocycles. The first-order chi connectivity index (χ1) is 8.15. The molecule has 5 heteroatoms. The average molecular weight is 236 g/mol. The molecule has 94 valence electrons. The molecule has 0 bridgehead atoms. The Morgan fingerprint density at radius 1 is 1.53 bits per heavy atom. The normalized spacial score (nSPS) is 23.1. The van der Waals surface area contributed by atoms with E-state index in [0.717, 1.165) is 38.8 Å². The van der Waals surface area contributed by atoms with E-state index in [0.29, 0.717) is 12.6 Å². The van der Waals surface area contributed by atoms with Gasteiger partial charge in [0.15, 0.2) is 0 Å². The highest BCUT2D eigenvalue weighted by Gasteiger charge is 2.35. The third-order valence-electron chi connectivity index (χ3n) is 3.83. The van der Waals surface area contributed by atoms with Crippen LogP contribution in [0.5, 0.6) is 0 Å². The van der Waals surface area contributed by atoms with E-state index in [1.54, 1.807) is 0 Å². The predicted molar refractivity (Wildman–Crippen MR) is 64.2 cm³/mol. The van der Waals surface area contributed by atoms with Crippen LogP contribution in [0.15, 0.2) is 0 Å². The van der Waals surface area contributed by atoms with Crippen molar-refractivity contribution in [3.05, 3.63) is 0 Å². The second-order valence-electron chi connectivity index (χ2n) is 5.18. The third-order valence-corrected chi connectivity index (χ3v) is 3.83. The first-order valence-corrected chi connectivity index (χ1v) is 6.28. The minimum atomic E-state index is -0.588. The van der Waals surface area contributed by atoms with Crippen molar-refractivity contribution in [3.63, 3.8) is 0 Å². The predicted octanol–water partition coefficient (Wildman–Crippen LogP) is -0.157. The van der Waals surface area contributed by atoms with Gasteiger partial charge in [-0.25, -0.2) is 0 Å². The summed E-state index contributed by atoms with van der Waals surface area (Å²) in [5.74, 6) is -0.0251. The molecule has 2 fully saturated rings. The van der Waals surface area contributed by atoms with E-state index in [1.165, 1.54) is 0 Å². The molecule has 1 saturated carbocycles. The number of nitrogens with zero attached hydrogens (tertiary/aromatic N) is 2. The van der Waals surface area contributed by atoms with Gasteiger partial charge < -0.3 is 10.6 Å². The summed E-state index contributed by atoms with van der Waals surface area (Å²) in [6.07, 6.45) is 3.67. The van der Waals surface area contributed by atoms with Crippen LogP contribution in [0.3, 0.4) is 0 Å². The van der Waals surface area contributed by atoms with Crippen LogP contribution in [0.25, 0.3) is 0 Å². The van der Waals surface area contributed by atoms with E-state index in [1.807, 2.05) is 11.9 Å². The number of likely N-dealkylation sites (N-methyl/N-ethyl adjacent to an activating group) is 1. The Morgan fingerprint density at radius 2 is 2.18 bits per heavy atom. The Balaban J connectivity index is 1.81. The van der Waals surface area contributed by atoms with Crippen molar-refractivity contribution in [3.8, 4) is 6.07 Å². The lowest BCUT2D eigenvalue weighted by Crippen LogP contribution is -2.58. The number of rotatable bonds is 4. The van der Waals surface area contributed by atoms with Gasteiger partial charge in [-0.1, -0.05) is 0 Å². The molecule has 1 aliphatic carbocycles. The van der Waals surface area contributed by atoms with Crippen LogP contribution in [-0.2, 0) is 4.79 Å². The van der Waals surface area contributed by atoms with Gasteiger partial charge in [-0.3, -0.25) is 9.69 Å². The lowest BCUT2D eigenvalue weighted by Gasteiger charge is -2.35. The van der Waals surface area contributed by atoms with Gasteiger partial charge >= 0.3 is 0 Å². The number of nitrogens with one attached hydrogen (secondary N) is 2. The number of nitriles is 1. The first kappa shape index (κ1) is 12.3. The lowest BCUT2D eigenvalue weighted by atomic mass is 10.00. The Bertz CT molecular complexity index is 326. The summed E-state index contributed by atoms with van der Waals surface area (Å²) >= 11 is 0. The Kier molecular flexibility index (Phi) is 3.65. The standard InChI is InChI=1S/C12H20N4O/c1-16(10-6-14-7-10)8-11(17)15-12(9-13)4-2-3-5-12/h10,14H,2-8H2,1H3,(H,15,17). The van der Waals surface area contributed by atoms with Gasteiger partial charge in [-0.15, -0.1) is 0 Å². The molecule has 0 atom stereocenters. The zero-order valence-corrected chi connectivity index (χ0v) is 10.3. The molecule has 5 nitrogen and oxygen atoms in total. The molecule has 0 spiro atoms. The van der Waals surface area contributed by atoms with Crippen LogP contribution >= 0.6 is 0 Å². The topological polar surface area (TPSA) is 68.2 Å². The van der Waals surface area contributed by atoms with Gasteiger partial charge in [-0.05, 0) is 32.7 Å². The highest BCUT2D eigenvalue weighted by Crippen LogP contribution is 2.28. The van der Waals surface area contributed by atoms with E-state index in [4.69, 9.17) is 0 Å². The van der Waals surface area contributed by atoms with Crippen molar-refractivity contribution in [1.29, 1.82) is 5.26 Å². The van der Waals surface area contributed by atoms with E-state index in [9.17, 15) is 10.1 Å². The number of carbonyl (C=O) groups excluding carboxylic acids is 1. The number of amides is 1. The Morgan fingerprint density at radius 3 is 2.65 bits per heavy atom. The summed E-state index contributed by atoms with van der Waals surface area (Å²) in [4.78, 5) is 13.9. The third kappa shape index (κ3) is 2.76. The molecular formula is C12H20N4O. The molecule has 0 unspecified atom stereocenters. The fourth-order valence-electron chi connectivity index (χ4n) is 2.49. The fraction of sp³-hybridized carbons (Fsp3) is 0.833. The van der Waals surface area contributed by atoms with Crippen LogP contribution in [0, 0.1) is 11.3 Å². The molecule has 2 rings (SSSR count). The van der Waals surface area contributed by atoms with Crippen LogP contribution in [0.4, 0.5) is 0 Å². The van der Waals surface area contributed by atoms with Gasteiger partial charge in [0.25, 0.3) is 0 Å². The molecule has 0 aromatic carbocycles. The molecular weight excluding hydrogens is 216 g/mol. The summed E-state index contributed by atoms with van der Waals surface area (Å²) in [5, 5.41) is 15.3. The molecule has 0 radical (unpaired) electrons. The van der Waals surface area contributed by atoms with Crippen molar-refractivity contribution < 1.29 is 4.79 Å². The highest BCUT2D eigenvalue weighted by molar-refractivity contribution is 5.79. The number of carbonyl (C=O) groups is 1. The first-order valence-electron chi connectivity index (χ1n) is 6.28. The molecule has 2 N–H and O–H groups in total. The maximum atomic E-state index is 11.9. The second-order valence-corrected chi connectivity index (χ2v) is 5.18. The summed E-state index contributed by atoms with van der Waals surface area (Å²) in [7, 11) is 1.96. The van der Waals surface area contributed by atoms with E-state index < -0.39 is 5.54 Å². The van der Waals surface area contributed by atoms with Crippen molar-refractivity contribution in [2.24, 2.45) is 0 Å². The largest absolute Gasteiger partial charge is 0.337 e. The molecule has 1 heterocycles. The lowest BCUT2D eigenvalue weighted by molar-refractivity contribution is -0.124. The van der Waals surface area contributed by atoms with Crippen molar-refractivity contribution in [2.45, 2.75) is 37.3 Å². The average Bonchev–Trinajstić information content (AvgIpc) is 2.63. The van der Waals surface area contributed by atoms with Crippen LogP contribution in [0.1, 0.15) is 25.7 Å². The smallest absolute Gasteiger partial charge is 0.235 e. The minimum absolute atomic E-state index is 0.0251. The molecule has 0 aromatic rings. The zero-order chi connectivity index (χ0) is 12.3. The van der Waals surface area contributed by atoms with Gasteiger partial charge in [-0.2, -0.15) is 5.26 Å². The van der Waals surface area contributed by atoms with Crippen molar-refractivity contribution in [2.75, 3.05) is 26.7 Å². The van der Waals surface area contributed by atoms with Crippen molar-refractivity contribution in [1.82, 2.24) is 15.5 Å². The minimum Gasteiger partial charge on any atom is -0.337 e. The van der Waals surface area contributed by atoms with E-state index in [-0.39, 0.29) is 5.91 Å². The van der Waals surface area contributed by atoms with E-state index in [2.05, 4.69) is 16.7 Å². The highest BCUT2D eigenvalue weighted by atomic mass is 16.2. The SMILES string of the molecule is CN(CC(=O)NC1(C#N)CCCC1)C1CNC1. The second kappa shape index (κ2) is 5.03. The summed E-state index contributed by atoms with van der Waals surface area (Å²) in [6, 6.07) is 2.74. The quantitative estimate of drug-likeness (QED) is 0.712. The van der Waals surface area contributed by atoms with Gasteiger partial charge in [0.05, 0.1) is 12.6 Å². The van der Waals surface area contributed by atoms with Crippen molar-refractivity contribution >= 4 is 5.91 Å². The maximum Gasteiger partial charge on any atom is 0.235 e. The summed E-state index contributed by atoms with van der Waals surface area (Å²) in [6.45, 7) is 2.29. The van der Waals surface area contributed by atoms with Crippen LogP contribution < -0.4 is 10.6 Å². The maximum absolute atomic E-state index is 11.9. The molecule has 17 heavy (non-hydrogen) atoms. The van der Waals surface area contributed by atoms with Crippen LogP contribution in [0.2, 0.25) is 0 Å². The number of hydrogen-bond donors (Lipinski definition) is 2.